The lowest BCUT2D eigenvalue weighted by Gasteiger charge is -2.31. The molecule has 120 valence electrons. The molecular weight excluding hydrogens is 296 g/mol. The Morgan fingerprint density at radius 1 is 1.26 bits per heavy atom. The summed E-state index contributed by atoms with van der Waals surface area (Å²) in [5.74, 6) is 0.739. The molecule has 8 heteroatoms. The van der Waals surface area contributed by atoms with E-state index in [1.807, 2.05) is 23.1 Å². The molecule has 0 aromatic carbocycles. The van der Waals surface area contributed by atoms with Crippen LogP contribution in [0.3, 0.4) is 0 Å². The Labute approximate surface area is 133 Å². The number of nitrogens with zero attached hydrogens (tertiary/aromatic N) is 4. The van der Waals surface area contributed by atoms with Crippen molar-refractivity contribution in [1.29, 1.82) is 0 Å². The highest BCUT2D eigenvalue weighted by atomic mass is 16.4. The van der Waals surface area contributed by atoms with Gasteiger partial charge in [-0.1, -0.05) is 6.07 Å². The van der Waals surface area contributed by atoms with Gasteiger partial charge >= 0.3 is 5.97 Å². The summed E-state index contributed by atoms with van der Waals surface area (Å²) in [6, 6.07) is 5.51. The SMILES string of the molecule is Nc1c(Nc2ccccn2)ncnc1N1CCC(C(=O)O)CC1. The smallest absolute Gasteiger partial charge is 0.306 e. The highest BCUT2D eigenvalue weighted by Crippen LogP contribution is 2.30. The van der Waals surface area contributed by atoms with Gasteiger partial charge in [-0.05, 0) is 25.0 Å². The highest BCUT2D eigenvalue weighted by Gasteiger charge is 2.26. The maximum absolute atomic E-state index is 11.0. The molecule has 0 unspecified atom stereocenters. The number of aliphatic carboxylic acids is 1. The molecule has 1 aliphatic heterocycles. The Hall–Kier alpha value is -2.90. The number of carboxylic acid groups (broad SMARTS) is 1. The van der Waals surface area contributed by atoms with Crippen molar-refractivity contribution in [2.75, 3.05) is 29.0 Å². The van der Waals surface area contributed by atoms with Gasteiger partial charge in [-0.15, -0.1) is 0 Å². The molecule has 4 N–H and O–H groups in total. The molecule has 0 atom stereocenters. The summed E-state index contributed by atoms with van der Waals surface area (Å²) < 4.78 is 0. The van der Waals surface area contributed by atoms with Crippen LogP contribution in [-0.4, -0.2) is 39.1 Å². The lowest BCUT2D eigenvalue weighted by molar-refractivity contribution is -0.142. The van der Waals surface area contributed by atoms with Gasteiger partial charge in [0.1, 0.15) is 17.8 Å². The molecule has 1 aliphatic rings. The molecule has 0 radical (unpaired) electrons. The number of carbonyl (C=O) groups is 1. The summed E-state index contributed by atoms with van der Waals surface area (Å²) >= 11 is 0. The van der Waals surface area contributed by atoms with E-state index in [-0.39, 0.29) is 5.92 Å². The first kappa shape index (κ1) is 15.0. The van der Waals surface area contributed by atoms with E-state index in [2.05, 4.69) is 20.3 Å². The van der Waals surface area contributed by atoms with Gasteiger partial charge in [0.05, 0.1) is 5.92 Å². The van der Waals surface area contributed by atoms with Crippen LogP contribution in [0.2, 0.25) is 0 Å². The Morgan fingerprint density at radius 2 is 2.04 bits per heavy atom. The van der Waals surface area contributed by atoms with Crippen LogP contribution in [0.25, 0.3) is 0 Å². The molecule has 23 heavy (non-hydrogen) atoms. The third kappa shape index (κ3) is 3.31. The molecule has 0 aliphatic carbocycles. The number of nitrogens with two attached hydrogens (primary N) is 1. The van der Waals surface area contributed by atoms with E-state index in [4.69, 9.17) is 10.8 Å². The van der Waals surface area contributed by atoms with E-state index in [0.717, 1.165) is 0 Å². The highest BCUT2D eigenvalue weighted by molar-refractivity contribution is 5.78. The zero-order chi connectivity index (χ0) is 16.2. The number of nitrogens with one attached hydrogen (secondary N) is 1. The summed E-state index contributed by atoms with van der Waals surface area (Å²) in [7, 11) is 0. The third-order valence-corrected chi connectivity index (χ3v) is 3.92. The van der Waals surface area contributed by atoms with Gasteiger partial charge in [0.15, 0.2) is 11.6 Å². The van der Waals surface area contributed by atoms with E-state index in [0.29, 0.717) is 49.1 Å². The van der Waals surface area contributed by atoms with Crippen molar-refractivity contribution in [3.05, 3.63) is 30.7 Å². The van der Waals surface area contributed by atoms with Crippen molar-refractivity contribution >= 4 is 29.1 Å². The van der Waals surface area contributed by atoms with Crippen LogP contribution in [0.4, 0.5) is 23.1 Å². The molecular formula is C15H18N6O2. The monoisotopic (exact) mass is 314 g/mol. The largest absolute Gasteiger partial charge is 0.481 e. The molecule has 0 spiro atoms. The van der Waals surface area contributed by atoms with Crippen LogP contribution in [0.5, 0.6) is 0 Å². The van der Waals surface area contributed by atoms with Crippen LogP contribution >= 0.6 is 0 Å². The number of rotatable bonds is 4. The Bertz CT molecular complexity index is 686. The number of aromatic nitrogens is 3. The maximum Gasteiger partial charge on any atom is 0.306 e. The minimum absolute atomic E-state index is 0.291. The normalized spacial score (nSPS) is 15.4. The molecule has 3 rings (SSSR count). The average molecular weight is 314 g/mol. The first-order chi connectivity index (χ1) is 11.1. The summed E-state index contributed by atoms with van der Waals surface area (Å²) in [6.45, 7) is 1.22. The second kappa shape index (κ2) is 6.47. The number of piperidine rings is 1. The zero-order valence-electron chi connectivity index (χ0n) is 12.5. The number of carboxylic acids is 1. The van der Waals surface area contributed by atoms with E-state index in [9.17, 15) is 4.79 Å². The molecule has 1 saturated heterocycles. The Balaban J connectivity index is 1.76. The van der Waals surface area contributed by atoms with Crippen LogP contribution in [-0.2, 0) is 4.79 Å². The van der Waals surface area contributed by atoms with E-state index in [1.54, 1.807) is 6.20 Å². The van der Waals surface area contributed by atoms with Crippen molar-refractivity contribution in [3.8, 4) is 0 Å². The number of hydrogen-bond acceptors (Lipinski definition) is 7. The molecule has 0 saturated carbocycles. The summed E-state index contributed by atoms with van der Waals surface area (Å²) in [5.41, 5.74) is 6.62. The van der Waals surface area contributed by atoms with Crippen LogP contribution in [0, 0.1) is 5.92 Å². The second-order valence-electron chi connectivity index (χ2n) is 5.40. The number of anilines is 4. The fourth-order valence-corrected chi connectivity index (χ4v) is 2.63. The first-order valence-electron chi connectivity index (χ1n) is 7.41. The van der Waals surface area contributed by atoms with Crippen LogP contribution in [0.1, 0.15) is 12.8 Å². The molecule has 0 bridgehead atoms. The van der Waals surface area contributed by atoms with Crippen molar-refractivity contribution in [1.82, 2.24) is 15.0 Å². The summed E-state index contributed by atoms with van der Waals surface area (Å²) in [4.78, 5) is 25.6. The average Bonchev–Trinajstić information content (AvgIpc) is 2.58. The van der Waals surface area contributed by atoms with Gasteiger partial charge in [0, 0.05) is 19.3 Å². The van der Waals surface area contributed by atoms with E-state index < -0.39 is 5.97 Å². The lowest BCUT2D eigenvalue weighted by Crippen LogP contribution is -2.37. The third-order valence-electron chi connectivity index (χ3n) is 3.92. The van der Waals surface area contributed by atoms with Gasteiger partial charge in [0.25, 0.3) is 0 Å². The fraction of sp³-hybridized carbons (Fsp3) is 0.333. The molecule has 3 heterocycles. The quantitative estimate of drug-likeness (QED) is 0.777. The fourth-order valence-electron chi connectivity index (χ4n) is 2.63. The predicted octanol–water partition coefficient (Wildman–Crippen LogP) is 1.50. The molecule has 0 amide bonds. The van der Waals surface area contributed by atoms with Gasteiger partial charge < -0.3 is 21.1 Å². The topological polar surface area (TPSA) is 117 Å². The number of hydrogen-bond donors (Lipinski definition) is 3. The first-order valence-corrected chi connectivity index (χ1v) is 7.41. The van der Waals surface area contributed by atoms with Gasteiger partial charge in [-0.3, -0.25) is 4.79 Å². The molecule has 8 nitrogen and oxygen atoms in total. The van der Waals surface area contributed by atoms with Crippen molar-refractivity contribution in [3.63, 3.8) is 0 Å². The standard InChI is InChI=1S/C15H18N6O2/c16-12-13(20-11-3-1-2-6-17-11)18-9-19-14(12)21-7-4-10(5-8-21)15(22)23/h1-3,6,9-10H,4-5,7-8,16H2,(H,22,23)(H,17,18,19,20). The minimum Gasteiger partial charge on any atom is -0.481 e. The minimum atomic E-state index is -0.738. The zero-order valence-corrected chi connectivity index (χ0v) is 12.5. The summed E-state index contributed by atoms with van der Waals surface area (Å²) in [6.07, 6.45) is 4.29. The lowest BCUT2D eigenvalue weighted by atomic mass is 9.97. The second-order valence-corrected chi connectivity index (χ2v) is 5.40. The van der Waals surface area contributed by atoms with Crippen molar-refractivity contribution in [2.24, 2.45) is 5.92 Å². The van der Waals surface area contributed by atoms with Crippen molar-refractivity contribution < 1.29 is 9.90 Å². The van der Waals surface area contributed by atoms with E-state index >= 15 is 0 Å². The number of nitrogen functional groups attached to an aromatic ring is 1. The van der Waals surface area contributed by atoms with E-state index in [1.165, 1.54) is 6.33 Å². The number of pyridine rings is 1. The van der Waals surface area contributed by atoms with Crippen molar-refractivity contribution in [2.45, 2.75) is 12.8 Å². The summed E-state index contributed by atoms with van der Waals surface area (Å²) in [5, 5.41) is 12.1. The Morgan fingerprint density at radius 3 is 2.70 bits per heavy atom. The van der Waals surface area contributed by atoms with Gasteiger partial charge in [-0.25, -0.2) is 15.0 Å². The molecule has 2 aromatic rings. The maximum atomic E-state index is 11.0. The predicted molar refractivity (Wildman–Crippen MR) is 86.5 cm³/mol. The van der Waals surface area contributed by atoms with Crippen LogP contribution in [0.15, 0.2) is 30.7 Å². The Kier molecular flexibility index (Phi) is 4.22. The van der Waals surface area contributed by atoms with Gasteiger partial charge in [-0.2, -0.15) is 0 Å². The van der Waals surface area contributed by atoms with Crippen LogP contribution < -0.4 is 16.0 Å². The van der Waals surface area contributed by atoms with Gasteiger partial charge in [0.2, 0.25) is 0 Å². The molecule has 2 aromatic heterocycles. The molecule has 1 fully saturated rings.